The summed E-state index contributed by atoms with van der Waals surface area (Å²) in [6.07, 6.45) is 1.72. The van der Waals surface area contributed by atoms with Crippen molar-refractivity contribution in [3.8, 4) is 5.75 Å². The molecule has 0 aromatic carbocycles. The standard InChI is InChI=1S/C12H20N2O3/c1-4-17-11-6-5-7-13-12(11)14-8-10(16-3)9-15-2/h5-7,10H,4,8-9H2,1-3H3,(H,13,14). The molecule has 17 heavy (non-hydrogen) atoms. The molecule has 0 fully saturated rings. The van der Waals surface area contributed by atoms with Crippen molar-refractivity contribution >= 4 is 5.82 Å². The van der Waals surface area contributed by atoms with Crippen LogP contribution in [0, 0.1) is 0 Å². The molecule has 0 aliphatic heterocycles. The number of anilines is 1. The second-order valence-corrected chi connectivity index (χ2v) is 3.48. The zero-order valence-electron chi connectivity index (χ0n) is 10.6. The zero-order chi connectivity index (χ0) is 12.5. The molecular formula is C12H20N2O3. The van der Waals surface area contributed by atoms with Crippen LogP contribution in [0.2, 0.25) is 0 Å². The van der Waals surface area contributed by atoms with E-state index in [-0.39, 0.29) is 6.10 Å². The van der Waals surface area contributed by atoms with Gasteiger partial charge in [0.05, 0.1) is 19.3 Å². The Morgan fingerprint density at radius 3 is 2.88 bits per heavy atom. The molecule has 1 N–H and O–H groups in total. The van der Waals surface area contributed by atoms with Gasteiger partial charge in [-0.3, -0.25) is 0 Å². The third-order valence-corrected chi connectivity index (χ3v) is 2.25. The van der Waals surface area contributed by atoms with Gasteiger partial charge in [-0.1, -0.05) is 0 Å². The van der Waals surface area contributed by atoms with Crippen molar-refractivity contribution in [1.29, 1.82) is 0 Å². The molecule has 1 aromatic heterocycles. The third-order valence-electron chi connectivity index (χ3n) is 2.25. The van der Waals surface area contributed by atoms with Gasteiger partial charge in [0.2, 0.25) is 0 Å². The van der Waals surface area contributed by atoms with Crippen LogP contribution in [0.3, 0.4) is 0 Å². The summed E-state index contributed by atoms with van der Waals surface area (Å²) in [5, 5.41) is 3.19. The predicted molar refractivity (Wildman–Crippen MR) is 66.6 cm³/mol. The largest absolute Gasteiger partial charge is 0.490 e. The number of rotatable bonds is 8. The summed E-state index contributed by atoms with van der Waals surface area (Å²) in [5.74, 6) is 1.48. The molecule has 0 saturated carbocycles. The Bertz CT molecular complexity index is 320. The molecular weight excluding hydrogens is 220 g/mol. The van der Waals surface area contributed by atoms with Crippen LogP contribution in [0.4, 0.5) is 5.82 Å². The monoisotopic (exact) mass is 240 g/mol. The molecule has 5 nitrogen and oxygen atoms in total. The molecule has 1 rings (SSSR count). The van der Waals surface area contributed by atoms with E-state index in [4.69, 9.17) is 14.2 Å². The van der Waals surface area contributed by atoms with E-state index >= 15 is 0 Å². The Hall–Kier alpha value is -1.33. The maximum atomic E-state index is 5.47. The van der Waals surface area contributed by atoms with Crippen LogP contribution in [0.25, 0.3) is 0 Å². The average molecular weight is 240 g/mol. The molecule has 0 radical (unpaired) electrons. The first-order valence-corrected chi connectivity index (χ1v) is 5.65. The minimum Gasteiger partial charge on any atom is -0.490 e. The Balaban J connectivity index is 2.55. The lowest BCUT2D eigenvalue weighted by atomic mass is 10.3. The van der Waals surface area contributed by atoms with Gasteiger partial charge in [0.1, 0.15) is 0 Å². The Labute approximate surface area is 102 Å². The number of ether oxygens (including phenoxy) is 3. The van der Waals surface area contributed by atoms with Gasteiger partial charge in [-0.05, 0) is 19.1 Å². The van der Waals surface area contributed by atoms with Crippen molar-refractivity contribution in [2.24, 2.45) is 0 Å². The first-order valence-electron chi connectivity index (χ1n) is 5.65. The van der Waals surface area contributed by atoms with E-state index in [0.29, 0.717) is 19.8 Å². The molecule has 1 aromatic rings. The fourth-order valence-corrected chi connectivity index (χ4v) is 1.40. The molecule has 0 aliphatic rings. The van der Waals surface area contributed by atoms with Gasteiger partial charge in [0, 0.05) is 27.0 Å². The lowest BCUT2D eigenvalue weighted by molar-refractivity contribution is 0.0365. The van der Waals surface area contributed by atoms with Crippen molar-refractivity contribution in [1.82, 2.24) is 4.98 Å². The average Bonchev–Trinajstić information content (AvgIpc) is 2.36. The lowest BCUT2D eigenvalue weighted by Gasteiger charge is -2.16. The normalized spacial score (nSPS) is 12.2. The first kappa shape index (κ1) is 13.7. The number of methoxy groups -OCH3 is 2. The number of hydrogen-bond donors (Lipinski definition) is 1. The molecule has 0 spiro atoms. The fourth-order valence-electron chi connectivity index (χ4n) is 1.40. The van der Waals surface area contributed by atoms with Gasteiger partial charge in [-0.15, -0.1) is 0 Å². The van der Waals surface area contributed by atoms with E-state index in [1.807, 2.05) is 19.1 Å². The van der Waals surface area contributed by atoms with Gasteiger partial charge in [0.25, 0.3) is 0 Å². The van der Waals surface area contributed by atoms with E-state index in [9.17, 15) is 0 Å². The lowest BCUT2D eigenvalue weighted by Crippen LogP contribution is -2.27. The van der Waals surface area contributed by atoms with Crippen LogP contribution < -0.4 is 10.1 Å². The van der Waals surface area contributed by atoms with Crippen LogP contribution in [0.15, 0.2) is 18.3 Å². The number of nitrogens with one attached hydrogen (secondary N) is 1. The first-order chi connectivity index (χ1) is 8.31. The van der Waals surface area contributed by atoms with E-state index in [0.717, 1.165) is 11.6 Å². The quantitative estimate of drug-likeness (QED) is 0.747. The SMILES string of the molecule is CCOc1cccnc1NCC(COC)OC. The molecule has 0 bridgehead atoms. The van der Waals surface area contributed by atoms with Gasteiger partial charge in [-0.25, -0.2) is 4.98 Å². The minimum atomic E-state index is -0.00326. The maximum absolute atomic E-state index is 5.47. The molecule has 5 heteroatoms. The molecule has 1 heterocycles. The molecule has 1 atom stereocenters. The summed E-state index contributed by atoms with van der Waals surface area (Å²) in [7, 11) is 3.31. The number of pyridine rings is 1. The topological polar surface area (TPSA) is 52.6 Å². The molecule has 0 amide bonds. The summed E-state index contributed by atoms with van der Waals surface area (Å²) in [6, 6.07) is 3.73. The molecule has 1 unspecified atom stereocenters. The van der Waals surface area contributed by atoms with E-state index in [2.05, 4.69) is 10.3 Å². The Morgan fingerprint density at radius 2 is 2.24 bits per heavy atom. The van der Waals surface area contributed by atoms with Gasteiger partial charge in [0.15, 0.2) is 11.6 Å². The third kappa shape index (κ3) is 4.58. The predicted octanol–water partition coefficient (Wildman–Crippen LogP) is 1.55. The summed E-state index contributed by atoms with van der Waals surface area (Å²) in [6.45, 7) is 3.73. The second kappa shape index (κ2) is 7.86. The van der Waals surface area contributed by atoms with Crippen molar-refractivity contribution < 1.29 is 14.2 Å². The molecule has 0 aliphatic carbocycles. The van der Waals surface area contributed by atoms with E-state index in [1.54, 1.807) is 20.4 Å². The van der Waals surface area contributed by atoms with Crippen LogP contribution in [-0.2, 0) is 9.47 Å². The van der Waals surface area contributed by atoms with E-state index < -0.39 is 0 Å². The zero-order valence-corrected chi connectivity index (χ0v) is 10.6. The summed E-state index contributed by atoms with van der Waals surface area (Å²) < 4.78 is 15.8. The van der Waals surface area contributed by atoms with E-state index in [1.165, 1.54) is 0 Å². The summed E-state index contributed by atoms with van der Waals surface area (Å²) in [4.78, 5) is 4.23. The smallest absolute Gasteiger partial charge is 0.168 e. The maximum Gasteiger partial charge on any atom is 0.168 e. The highest BCUT2D eigenvalue weighted by Crippen LogP contribution is 2.20. The highest BCUT2D eigenvalue weighted by molar-refractivity contribution is 5.49. The van der Waals surface area contributed by atoms with Gasteiger partial charge >= 0.3 is 0 Å². The van der Waals surface area contributed by atoms with Crippen molar-refractivity contribution in [3.05, 3.63) is 18.3 Å². The van der Waals surface area contributed by atoms with Crippen LogP contribution in [0.1, 0.15) is 6.92 Å². The second-order valence-electron chi connectivity index (χ2n) is 3.48. The van der Waals surface area contributed by atoms with Crippen molar-refractivity contribution in [3.63, 3.8) is 0 Å². The fraction of sp³-hybridized carbons (Fsp3) is 0.583. The summed E-state index contributed by atoms with van der Waals surface area (Å²) >= 11 is 0. The number of hydrogen-bond acceptors (Lipinski definition) is 5. The molecule has 96 valence electrons. The number of aromatic nitrogens is 1. The molecule has 0 saturated heterocycles. The summed E-state index contributed by atoms with van der Waals surface area (Å²) in [5.41, 5.74) is 0. The van der Waals surface area contributed by atoms with Crippen molar-refractivity contribution in [2.75, 3.05) is 39.3 Å². The van der Waals surface area contributed by atoms with Crippen LogP contribution >= 0.6 is 0 Å². The van der Waals surface area contributed by atoms with Gasteiger partial charge in [-0.2, -0.15) is 0 Å². The Kier molecular flexibility index (Phi) is 6.35. The van der Waals surface area contributed by atoms with Crippen LogP contribution in [-0.4, -0.2) is 45.1 Å². The van der Waals surface area contributed by atoms with Crippen LogP contribution in [0.5, 0.6) is 5.75 Å². The minimum absolute atomic E-state index is 0.00326. The Morgan fingerprint density at radius 1 is 1.41 bits per heavy atom. The highest BCUT2D eigenvalue weighted by Gasteiger charge is 2.09. The van der Waals surface area contributed by atoms with Gasteiger partial charge < -0.3 is 19.5 Å². The number of nitrogens with zero attached hydrogens (tertiary/aromatic N) is 1. The highest BCUT2D eigenvalue weighted by atomic mass is 16.5. The van der Waals surface area contributed by atoms with Crippen molar-refractivity contribution in [2.45, 2.75) is 13.0 Å².